The van der Waals surface area contributed by atoms with Crippen molar-refractivity contribution in [3.05, 3.63) is 101 Å². The Morgan fingerprint density at radius 3 is 2.34 bits per heavy atom. The number of phenols is 1. The van der Waals surface area contributed by atoms with Crippen LogP contribution >= 0.6 is 0 Å². The van der Waals surface area contributed by atoms with Gasteiger partial charge in [-0.15, -0.1) is 0 Å². The van der Waals surface area contributed by atoms with Crippen LogP contribution in [0.25, 0.3) is 16.9 Å². The molecule has 0 saturated carbocycles. The minimum Gasteiger partial charge on any atom is -0.507 e. The molecule has 7 nitrogen and oxygen atoms in total. The fourth-order valence-electron chi connectivity index (χ4n) is 2.87. The van der Waals surface area contributed by atoms with Crippen LogP contribution in [0.4, 0.5) is 11.5 Å². The van der Waals surface area contributed by atoms with Crippen molar-refractivity contribution >= 4 is 17.7 Å². The zero-order valence-corrected chi connectivity index (χ0v) is 15.2. The normalized spacial score (nSPS) is 11.0. The maximum Gasteiger partial charge on any atom is 0.270 e. The molecule has 1 N–H and O–H groups in total. The van der Waals surface area contributed by atoms with E-state index in [-0.39, 0.29) is 17.0 Å². The second-order valence-electron chi connectivity index (χ2n) is 6.26. The number of rotatable bonds is 5. The summed E-state index contributed by atoms with van der Waals surface area (Å²) in [5.41, 5.74) is 2.64. The van der Waals surface area contributed by atoms with Gasteiger partial charge in [0.15, 0.2) is 5.82 Å². The number of nitrogens with zero attached hydrogens (tertiary/aromatic N) is 4. The van der Waals surface area contributed by atoms with Gasteiger partial charge >= 0.3 is 0 Å². The SMILES string of the molecule is O=[N+]([O-])c1ccc(O)c(/C=N/c2cc(-c3ccccc3)nn2-c2ccccc2)c1. The summed E-state index contributed by atoms with van der Waals surface area (Å²) in [6.07, 6.45) is 1.40. The van der Waals surface area contributed by atoms with Gasteiger partial charge < -0.3 is 5.11 Å². The average molecular weight is 384 g/mol. The third-order valence-electron chi connectivity index (χ3n) is 4.32. The molecular weight excluding hydrogens is 368 g/mol. The first-order chi connectivity index (χ1) is 14.1. The predicted octanol–water partition coefficient (Wildman–Crippen LogP) is 4.90. The van der Waals surface area contributed by atoms with E-state index in [1.807, 2.05) is 66.7 Å². The number of non-ortho nitro benzene ring substituents is 1. The Morgan fingerprint density at radius 2 is 1.66 bits per heavy atom. The number of nitro groups is 1. The summed E-state index contributed by atoms with van der Waals surface area (Å²) >= 11 is 0. The number of aromatic hydroxyl groups is 1. The number of para-hydroxylation sites is 1. The van der Waals surface area contributed by atoms with Crippen LogP contribution in [0.3, 0.4) is 0 Å². The molecule has 1 heterocycles. The molecule has 0 saturated heterocycles. The van der Waals surface area contributed by atoms with Crippen LogP contribution in [-0.4, -0.2) is 26.0 Å². The molecule has 7 heteroatoms. The van der Waals surface area contributed by atoms with Gasteiger partial charge in [-0.1, -0.05) is 48.5 Å². The van der Waals surface area contributed by atoms with E-state index >= 15 is 0 Å². The van der Waals surface area contributed by atoms with Crippen LogP contribution in [0.15, 0.2) is 89.9 Å². The Balaban J connectivity index is 1.79. The molecule has 0 fully saturated rings. The zero-order valence-electron chi connectivity index (χ0n) is 15.2. The van der Waals surface area contributed by atoms with Crippen molar-refractivity contribution < 1.29 is 10.0 Å². The van der Waals surface area contributed by atoms with Crippen molar-refractivity contribution in [1.29, 1.82) is 0 Å². The van der Waals surface area contributed by atoms with Gasteiger partial charge in [0.05, 0.1) is 16.3 Å². The highest BCUT2D eigenvalue weighted by molar-refractivity contribution is 5.86. The molecule has 4 rings (SSSR count). The van der Waals surface area contributed by atoms with Gasteiger partial charge in [0, 0.05) is 35.5 Å². The molecule has 0 unspecified atom stereocenters. The van der Waals surface area contributed by atoms with Gasteiger partial charge in [0.2, 0.25) is 0 Å². The summed E-state index contributed by atoms with van der Waals surface area (Å²) in [6.45, 7) is 0. The summed E-state index contributed by atoms with van der Waals surface area (Å²) in [5.74, 6) is 0.439. The van der Waals surface area contributed by atoms with E-state index < -0.39 is 4.92 Å². The minimum atomic E-state index is -0.515. The first-order valence-electron chi connectivity index (χ1n) is 8.84. The highest BCUT2D eigenvalue weighted by Gasteiger charge is 2.12. The van der Waals surface area contributed by atoms with Gasteiger partial charge in [0.25, 0.3) is 5.69 Å². The molecule has 0 aliphatic rings. The number of hydrogen-bond acceptors (Lipinski definition) is 5. The van der Waals surface area contributed by atoms with Crippen LogP contribution in [0.1, 0.15) is 5.56 Å². The average Bonchev–Trinajstić information content (AvgIpc) is 3.18. The van der Waals surface area contributed by atoms with Crippen LogP contribution in [-0.2, 0) is 0 Å². The first-order valence-corrected chi connectivity index (χ1v) is 8.84. The molecule has 4 aromatic rings. The smallest absolute Gasteiger partial charge is 0.270 e. The lowest BCUT2D eigenvalue weighted by atomic mass is 10.1. The molecule has 142 valence electrons. The molecular formula is C22H16N4O3. The fourth-order valence-corrected chi connectivity index (χ4v) is 2.87. The summed E-state index contributed by atoms with van der Waals surface area (Å²) in [5, 5.41) is 25.7. The van der Waals surface area contributed by atoms with Crippen molar-refractivity contribution in [2.75, 3.05) is 0 Å². The Labute approximate surface area is 166 Å². The van der Waals surface area contributed by atoms with E-state index in [2.05, 4.69) is 10.1 Å². The quantitative estimate of drug-likeness (QED) is 0.301. The Hall–Kier alpha value is -4.26. The third kappa shape index (κ3) is 3.89. The van der Waals surface area contributed by atoms with Gasteiger partial charge in [0.1, 0.15) is 5.75 Å². The zero-order chi connectivity index (χ0) is 20.2. The van der Waals surface area contributed by atoms with E-state index in [1.165, 1.54) is 24.4 Å². The van der Waals surface area contributed by atoms with Crippen molar-refractivity contribution in [2.24, 2.45) is 4.99 Å². The maximum atomic E-state index is 11.0. The lowest BCUT2D eigenvalue weighted by Crippen LogP contribution is -1.96. The van der Waals surface area contributed by atoms with Crippen LogP contribution < -0.4 is 0 Å². The number of aromatic nitrogens is 2. The van der Waals surface area contributed by atoms with Gasteiger partial charge in [-0.05, 0) is 18.2 Å². The standard InChI is InChI=1S/C22H16N4O3/c27-21-12-11-19(26(28)29)13-17(21)15-23-22-14-20(16-7-3-1-4-8-16)24-25(22)18-9-5-2-6-10-18/h1-15,27H/b23-15+. The summed E-state index contributed by atoms with van der Waals surface area (Å²) in [4.78, 5) is 14.9. The molecule has 0 aliphatic carbocycles. The number of phenolic OH excluding ortho intramolecular Hbond substituents is 1. The summed E-state index contributed by atoms with van der Waals surface area (Å²) in [6, 6.07) is 24.9. The maximum absolute atomic E-state index is 11.0. The molecule has 0 amide bonds. The lowest BCUT2D eigenvalue weighted by molar-refractivity contribution is -0.384. The van der Waals surface area contributed by atoms with Gasteiger partial charge in [-0.2, -0.15) is 5.10 Å². The van der Waals surface area contributed by atoms with Gasteiger partial charge in [-0.25, -0.2) is 9.67 Å². The van der Waals surface area contributed by atoms with E-state index in [4.69, 9.17) is 0 Å². The highest BCUT2D eigenvalue weighted by Crippen LogP contribution is 2.27. The Morgan fingerprint density at radius 1 is 0.966 bits per heavy atom. The first kappa shape index (κ1) is 18.1. The molecule has 0 radical (unpaired) electrons. The summed E-state index contributed by atoms with van der Waals surface area (Å²) in [7, 11) is 0. The van der Waals surface area contributed by atoms with Crippen molar-refractivity contribution in [3.63, 3.8) is 0 Å². The van der Waals surface area contributed by atoms with Crippen LogP contribution in [0, 0.1) is 10.1 Å². The predicted molar refractivity (Wildman–Crippen MR) is 111 cm³/mol. The highest BCUT2D eigenvalue weighted by atomic mass is 16.6. The largest absolute Gasteiger partial charge is 0.507 e. The fraction of sp³-hybridized carbons (Fsp3) is 0. The Kier molecular flexibility index (Phi) is 4.86. The number of benzene rings is 3. The molecule has 3 aromatic carbocycles. The van der Waals surface area contributed by atoms with Crippen LogP contribution in [0.2, 0.25) is 0 Å². The van der Waals surface area contributed by atoms with Gasteiger partial charge in [-0.3, -0.25) is 10.1 Å². The molecule has 0 atom stereocenters. The minimum absolute atomic E-state index is 0.0894. The molecule has 0 bridgehead atoms. The number of aliphatic imine (C=N–C) groups is 1. The Bertz CT molecular complexity index is 1190. The van der Waals surface area contributed by atoms with E-state index in [0.29, 0.717) is 5.82 Å². The lowest BCUT2D eigenvalue weighted by Gasteiger charge is -2.04. The molecule has 0 aliphatic heterocycles. The second-order valence-corrected chi connectivity index (χ2v) is 6.26. The van der Waals surface area contributed by atoms with Crippen LogP contribution in [0.5, 0.6) is 5.75 Å². The van der Waals surface area contributed by atoms with E-state index in [1.54, 1.807) is 4.68 Å². The number of hydrogen-bond donors (Lipinski definition) is 1. The topological polar surface area (TPSA) is 93.6 Å². The third-order valence-corrected chi connectivity index (χ3v) is 4.32. The van der Waals surface area contributed by atoms with E-state index in [0.717, 1.165) is 16.9 Å². The second kappa shape index (κ2) is 7.77. The number of nitro benzene ring substituents is 1. The van der Waals surface area contributed by atoms with Crippen molar-refractivity contribution in [3.8, 4) is 22.7 Å². The van der Waals surface area contributed by atoms with Crippen molar-refractivity contribution in [1.82, 2.24) is 9.78 Å². The molecule has 29 heavy (non-hydrogen) atoms. The molecule has 1 aromatic heterocycles. The van der Waals surface area contributed by atoms with E-state index in [9.17, 15) is 15.2 Å². The monoisotopic (exact) mass is 384 g/mol. The summed E-state index contributed by atoms with van der Waals surface area (Å²) < 4.78 is 1.69. The molecule has 0 spiro atoms. The van der Waals surface area contributed by atoms with Crippen molar-refractivity contribution in [2.45, 2.75) is 0 Å².